The molecule has 1 unspecified atom stereocenters. The highest BCUT2D eigenvalue weighted by Gasteiger charge is 2.29. The number of esters is 1. The Morgan fingerprint density at radius 2 is 1.65 bits per heavy atom. The normalized spacial score (nSPS) is 12.6. The molecule has 2 N–H and O–H groups in total. The summed E-state index contributed by atoms with van der Waals surface area (Å²) in [6.45, 7) is 3.87. The van der Waals surface area contributed by atoms with Crippen LogP contribution in [0.15, 0.2) is 72.8 Å². The number of rotatable bonds is 7. The van der Waals surface area contributed by atoms with Crippen molar-refractivity contribution >= 4 is 23.3 Å². The minimum Gasteiger partial charge on any atom is -0.457 e. The number of benzene rings is 3. The van der Waals surface area contributed by atoms with Crippen LogP contribution in [0.3, 0.4) is 0 Å². The predicted molar refractivity (Wildman–Crippen MR) is 121 cm³/mol. The Morgan fingerprint density at radius 3 is 2.26 bits per heavy atom. The number of carbonyl (C=O) groups is 1. The first kappa shape index (κ1) is 22.2. The molecular formula is C25H23ClN2O3. The summed E-state index contributed by atoms with van der Waals surface area (Å²) in [5.74, 6) is 0.139. The Balaban J connectivity index is 1.78. The zero-order chi connectivity index (χ0) is 22.4. The number of carbonyl (C=O) groups excluding carboxylic acids is 1. The number of nitrogens with two attached hydrogens (primary N) is 1. The van der Waals surface area contributed by atoms with Gasteiger partial charge in [0.1, 0.15) is 17.6 Å². The van der Waals surface area contributed by atoms with Crippen LogP contribution in [0.4, 0.5) is 5.69 Å². The lowest BCUT2D eigenvalue weighted by Crippen LogP contribution is -2.22. The summed E-state index contributed by atoms with van der Waals surface area (Å²) in [7, 11) is 0. The van der Waals surface area contributed by atoms with Crippen molar-refractivity contribution in [3.05, 3.63) is 88.9 Å². The van der Waals surface area contributed by atoms with Gasteiger partial charge in [0.25, 0.3) is 0 Å². The lowest BCUT2D eigenvalue weighted by atomic mass is 9.88. The predicted octanol–water partition coefficient (Wildman–Crippen LogP) is 6.26. The lowest BCUT2D eigenvalue weighted by molar-refractivity contribution is -0.150. The largest absolute Gasteiger partial charge is 0.457 e. The lowest BCUT2D eigenvalue weighted by Gasteiger charge is -2.22. The van der Waals surface area contributed by atoms with Crippen LogP contribution in [-0.4, -0.2) is 5.97 Å². The van der Waals surface area contributed by atoms with Crippen LogP contribution in [0, 0.1) is 17.2 Å². The maximum atomic E-state index is 13.0. The molecule has 0 aromatic heterocycles. The van der Waals surface area contributed by atoms with E-state index in [1.165, 1.54) is 0 Å². The van der Waals surface area contributed by atoms with E-state index in [9.17, 15) is 10.1 Å². The number of hydrogen-bond acceptors (Lipinski definition) is 5. The van der Waals surface area contributed by atoms with Crippen molar-refractivity contribution in [1.82, 2.24) is 0 Å². The van der Waals surface area contributed by atoms with Crippen LogP contribution in [0.2, 0.25) is 5.02 Å². The van der Waals surface area contributed by atoms with Gasteiger partial charge in [-0.1, -0.05) is 49.7 Å². The summed E-state index contributed by atoms with van der Waals surface area (Å²) in [6, 6.07) is 23.0. The molecule has 3 rings (SSSR count). The first-order chi connectivity index (χ1) is 14.9. The molecule has 6 heteroatoms. The van der Waals surface area contributed by atoms with Gasteiger partial charge in [-0.25, -0.2) is 0 Å². The second kappa shape index (κ2) is 10.0. The Labute approximate surface area is 187 Å². The Morgan fingerprint density at radius 1 is 0.968 bits per heavy atom. The van der Waals surface area contributed by atoms with Gasteiger partial charge in [0.05, 0.1) is 5.92 Å². The summed E-state index contributed by atoms with van der Waals surface area (Å²) in [5.41, 5.74) is 7.66. The molecule has 0 amide bonds. The third kappa shape index (κ3) is 5.78. The molecule has 3 aromatic carbocycles. The van der Waals surface area contributed by atoms with Crippen molar-refractivity contribution in [1.29, 1.82) is 5.26 Å². The molecule has 0 aliphatic carbocycles. The van der Waals surface area contributed by atoms with Crippen molar-refractivity contribution in [2.45, 2.75) is 25.9 Å². The van der Waals surface area contributed by atoms with Crippen LogP contribution in [-0.2, 0) is 9.53 Å². The molecule has 3 aromatic rings. The van der Waals surface area contributed by atoms with Gasteiger partial charge < -0.3 is 15.2 Å². The number of nitriles is 1. The van der Waals surface area contributed by atoms with Gasteiger partial charge in [-0.05, 0) is 60.0 Å². The minimum absolute atomic E-state index is 0.0202. The van der Waals surface area contributed by atoms with Crippen molar-refractivity contribution in [2.75, 3.05) is 5.73 Å². The summed E-state index contributed by atoms with van der Waals surface area (Å²) in [5, 5.41) is 10.3. The molecule has 158 valence electrons. The van der Waals surface area contributed by atoms with Crippen molar-refractivity contribution in [3.8, 4) is 17.6 Å². The molecule has 0 aliphatic rings. The quantitative estimate of drug-likeness (QED) is 0.350. The Kier molecular flexibility index (Phi) is 7.17. The summed E-state index contributed by atoms with van der Waals surface area (Å²) in [6.07, 6.45) is -1.06. The van der Waals surface area contributed by atoms with Crippen LogP contribution in [0.1, 0.15) is 37.0 Å². The van der Waals surface area contributed by atoms with Crippen LogP contribution in [0.25, 0.3) is 0 Å². The molecule has 0 saturated carbocycles. The topological polar surface area (TPSA) is 85.3 Å². The number of nitrogens with zero attached hydrogens (tertiary/aromatic N) is 1. The molecule has 0 aliphatic heterocycles. The van der Waals surface area contributed by atoms with Gasteiger partial charge in [-0.3, -0.25) is 4.79 Å². The van der Waals surface area contributed by atoms with Crippen LogP contribution >= 0.6 is 11.6 Å². The molecule has 2 atom stereocenters. The van der Waals surface area contributed by atoms with E-state index in [0.717, 1.165) is 5.56 Å². The van der Waals surface area contributed by atoms with E-state index in [1.54, 1.807) is 72.8 Å². The molecule has 0 spiro atoms. The molecule has 31 heavy (non-hydrogen) atoms. The average molecular weight is 435 g/mol. The maximum Gasteiger partial charge on any atom is 0.315 e. The molecule has 0 radical (unpaired) electrons. The van der Waals surface area contributed by atoms with Gasteiger partial charge in [-0.2, -0.15) is 5.26 Å². The van der Waals surface area contributed by atoms with Crippen molar-refractivity contribution < 1.29 is 14.3 Å². The fraction of sp³-hybridized carbons (Fsp3) is 0.200. The molecular weight excluding hydrogens is 412 g/mol. The van der Waals surface area contributed by atoms with Crippen molar-refractivity contribution in [2.24, 2.45) is 5.92 Å². The fourth-order valence-electron chi connectivity index (χ4n) is 3.23. The molecule has 0 saturated heterocycles. The second-order valence-electron chi connectivity index (χ2n) is 7.46. The van der Waals surface area contributed by atoms with Crippen molar-refractivity contribution in [3.63, 3.8) is 0 Å². The third-order valence-electron chi connectivity index (χ3n) is 4.78. The van der Waals surface area contributed by atoms with Crippen LogP contribution < -0.4 is 10.5 Å². The van der Waals surface area contributed by atoms with E-state index in [4.69, 9.17) is 26.8 Å². The van der Waals surface area contributed by atoms with E-state index in [-0.39, 0.29) is 5.92 Å². The number of anilines is 1. The fourth-order valence-corrected chi connectivity index (χ4v) is 3.36. The number of halogens is 1. The van der Waals surface area contributed by atoms with Crippen LogP contribution in [0.5, 0.6) is 11.5 Å². The average Bonchev–Trinajstić information content (AvgIpc) is 2.75. The Hall–Kier alpha value is -3.49. The highest BCUT2D eigenvalue weighted by molar-refractivity contribution is 6.30. The first-order valence-corrected chi connectivity index (χ1v) is 10.2. The molecule has 0 fully saturated rings. The highest BCUT2D eigenvalue weighted by atomic mass is 35.5. The smallest absolute Gasteiger partial charge is 0.315 e. The van der Waals surface area contributed by atoms with Gasteiger partial charge in [-0.15, -0.1) is 0 Å². The van der Waals surface area contributed by atoms with Gasteiger partial charge in [0.2, 0.25) is 6.10 Å². The monoisotopic (exact) mass is 434 g/mol. The maximum absolute atomic E-state index is 13.0. The summed E-state index contributed by atoms with van der Waals surface area (Å²) < 4.78 is 11.4. The summed E-state index contributed by atoms with van der Waals surface area (Å²) in [4.78, 5) is 13.0. The van der Waals surface area contributed by atoms with E-state index >= 15 is 0 Å². The first-order valence-electron chi connectivity index (χ1n) is 9.86. The zero-order valence-corrected chi connectivity index (χ0v) is 18.0. The van der Waals surface area contributed by atoms with Gasteiger partial charge >= 0.3 is 5.97 Å². The number of ether oxygens (including phenoxy) is 2. The van der Waals surface area contributed by atoms with E-state index in [0.29, 0.717) is 27.8 Å². The standard InChI is InChI=1S/C25H23ClN2O3/c1-16(2)24(17-6-8-19(26)9-7-17)25(29)31-23(15-27)18-4-3-5-22(14-18)30-21-12-10-20(28)11-13-21/h3-14,16,23-24H,28H2,1-2H3/t23?,24-/m0/s1. The SMILES string of the molecule is CC(C)[C@H](C(=O)OC(C#N)c1cccc(Oc2ccc(N)cc2)c1)c1ccc(Cl)cc1. The highest BCUT2D eigenvalue weighted by Crippen LogP contribution is 2.31. The second-order valence-corrected chi connectivity index (χ2v) is 7.90. The zero-order valence-electron chi connectivity index (χ0n) is 17.3. The number of hydrogen-bond donors (Lipinski definition) is 1. The number of nitrogen functional groups attached to an aromatic ring is 1. The molecule has 5 nitrogen and oxygen atoms in total. The van der Waals surface area contributed by atoms with Gasteiger partial charge in [0, 0.05) is 16.3 Å². The Bertz CT molecular complexity index is 1070. The van der Waals surface area contributed by atoms with E-state index in [1.807, 2.05) is 13.8 Å². The van der Waals surface area contributed by atoms with Gasteiger partial charge in [0.15, 0.2) is 0 Å². The van der Waals surface area contributed by atoms with E-state index in [2.05, 4.69) is 6.07 Å². The summed E-state index contributed by atoms with van der Waals surface area (Å²) >= 11 is 5.97. The van der Waals surface area contributed by atoms with E-state index < -0.39 is 18.0 Å². The minimum atomic E-state index is -1.06. The molecule has 0 heterocycles. The third-order valence-corrected chi connectivity index (χ3v) is 5.03. The molecule has 0 bridgehead atoms.